The molecule has 0 aliphatic heterocycles. The average Bonchev–Trinajstić information content (AvgIpc) is 3.42. The van der Waals surface area contributed by atoms with E-state index in [4.69, 9.17) is 19.9 Å². The molecule has 0 unspecified atom stereocenters. The number of fused-ring (bicyclic) bond motifs is 8. The quantitative estimate of drug-likeness (QED) is 0.231. The second kappa shape index (κ2) is 8.57. The topological polar surface area (TPSA) is 56.0 Å². The Balaban J connectivity index is 1.42. The van der Waals surface area contributed by atoms with Crippen molar-refractivity contribution >= 4 is 38.4 Å². The van der Waals surface area contributed by atoms with Gasteiger partial charge in [-0.2, -0.15) is 0 Å². The molecule has 0 fully saturated rings. The summed E-state index contributed by atoms with van der Waals surface area (Å²) in [5.74, 6) is 1.95. The third-order valence-electron chi connectivity index (χ3n) is 7.21. The van der Waals surface area contributed by atoms with Gasteiger partial charge in [0, 0.05) is 27.5 Å². The Morgan fingerprint density at radius 2 is 0.949 bits per heavy atom. The van der Waals surface area contributed by atoms with Crippen LogP contribution in [0.25, 0.3) is 72.5 Å². The average molecular weight is 500 g/mol. The molecule has 3 heterocycles. The number of rotatable bonds is 3. The number of hydrogen-bond acceptors (Lipinski definition) is 4. The van der Waals surface area contributed by atoms with Crippen molar-refractivity contribution in [1.29, 1.82) is 0 Å². The van der Waals surface area contributed by atoms with E-state index < -0.39 is 0 Å². The van der Waals surface area contributed by atoms with E-state index in [2.05, 4.69) is 65.1 Å². The van der Waals surface area contributed by atoms with E-state index in [1.54, 1.807) is 0 Å². The summed E-state index contributed by atoms with van der Waals surface area (Å²) in [4.78, 5) is 19.7. The van der Waals surface area contributed by atoms with Crippen molar-refractivity contribution in [3.63, 3.8) is 0 Å². The van der Waals surface area contributed by atoms with Gasteiger partial charge < -0.3 is 0 Å². The van der Waals surface area contributed by atoms with Crippen LogP contribution in [0.2, 0.25) is 0 Å². The Hall–Kier alpha value is -5.42. The van der Waals surface area contributed by atoms with Gasteiger partial charge in [0.2, 0.25) is 0 Å². The van der Waals surface area contributed by atoms with Crippen molar-refractivity contribution in [2.24, 2.45) is 0 Å². The Labute approximate surface area is 224 Å². The maximum atomic E-state index is 4.99. The van der Waals surface area contributed by atoms with Gasteiger partial charge >= 0.3 is 0 Å². The van der Waals surface area contributed by atoms with Gasteiger partial charge in [-0.25, -0.2) is 19.9 Å². The molecule has 182 valence electrons. The molecule has 0 atom stereocenters. The molecule has 0 amide bonds. The fourth-order valence-corrected chi connectivity index (χ4v) is 5.39. The summed E-state index contributed by atoms with van der Waals surface area (Å²) in [7, 11) is 0. The molecule has 0 N–H and O–H groups in total. The van der Waals surface area contributed by atoms with Crippen LogP contribution < -0.4 is 0 Å². The Morgan fingerprint density at radius 1 is 0.385 bits per heavy atom. The highest BCUT2D eigenvalue weighted by Crippen LogP contribution is 2.34. The zero-order chi connectivity index (χ0) is 25.8. The molecular weight excluding hydrogens is 478 g/mol. The van der Waals surface area contributed by atoms with Gasteiger partial charge in [0.15, 0.2) is 17.5 Å². The van der Waals surface area contributed by atoms with Gasteiger partial charge in [0.1, 0.15) is 5.65 Å². The van der Waals surface area contributed by atoms with Crippen LogP contribution in [-0.4, -0.2) is 24.3 Å². The molecular formula is C34H21N5. The van der Waals surface area contributed by atoms with Crippen LogP contribution in [0.5, 0.6) is 0 Å². The van der Waals surface area contributed by atoms with Crippen molar-refractivity contribution in [2.75, 3.05) is 0 Å². The minimum Gasteiger partial charge on any atom is -0.292 e. The molecule has 39 heavy (non-hydrogen) atoms. The predicted octanol–water partition coefficient (Wildman–Crippen LogP) is 7.98. The van der Waals surface area contributed by atoms with E-state index in [1.165, 1.54) is 0 Å². The van der Waals surface area contributed by atoms with E-state index >= 15 is 0 Å². The van der Waals surface area contributed by atoms with Crippen LogP contribution in [0.3, 0.4) is 0 Å². The second-order valence-electron chi connectivity index (χ2n) is 9.58. The summed E-state index contributed by atoms with van der Waals surface area (Å²) in [6, 6.07) is 43.3. The summed E-state index contributed by atoms with van der Waals surface area (Å²) in [6.07, 6.45) is 0. The minimum atomic E-state index is 0.643. The van der Waals surface area contributed by atoms with Crippen molar-refractivity contribution in [3.05, 3.63) is 127 Å². The van der Waals surface area contributed by atoms with E-state index in [0.717, 1.165) is 55.0 Å². The number of hydrogen-bond donors (Lipinski definition) is 0. The highest BCUT2D eigenvalue weighted by molar-refractivity contribution is 6.14. The summed E-state index contributed by atoms with van der Waals surface area (Å²) in [5.41, 5.74) is 6.98. The number of nitrogens with zero attached hydrogens (tertiary/aromatic N) is 5. The molecule has 3 aromatic heterocycles. The minimum absolute atomic E-state index is 0.643. The van der Waals surface area contributed by atoms with E-state index in [-0.39, 0.29) is 0 Å². The van der Waals surface area contributed by atoms with Crippen molar-refractivity contribution in [1.82, 2.24) is 24.3 Å². The third kappa shape index (κ3) is 3.48. The van der Waals surface area contributed by atoms with Gasteiger partial charge in [-0.05, 0) is 35.7 Å². The van der Waals surface area contributed by atoms with Gasteiger partial charge in [0.25, 0.3) is 0 Å². The van der Waals surface area contributed by atoms with Crippen LogP contribution >= 0.6 is 0 Å². The molecule has 5 nitrogen and oxygen atoms in total. The Kier molecular flexibility index (Phi) is 4.76. The number of benzene rings is 5. The van der Waals surface area contributed by atoms with Gasteiger partial charge in [-0.15, -0.1) is 0 Å². The van der Waals surface area contributed by atoms with E-state index in [1.807, 2.05) is 66.7 Å². The molecule has 0 spiro atoms. The zero-order valence-corrected chi connectivity index (χ0v) is 20.9. The van der Waals surface area contributed by atoms with Crippen LogP contribution in [0.1, 0.15) is 0 Å². The molecule has 0 bridgehead atoms. The van der Waals surface area contributed by atoms with Gasteiger partial charge in [-0.3, -0.25) is 4.40 Å². The van der Waals surface area contributed by atoms with Crippen LogP contribution in [-0.2, 0) is 0 Å². The highest BCUT2D eigenvalue weighted by atomic mass is 15.0. The molecule has 0 aliphatic carbocycles. The smallest absolute Gasteiger partial charge is 0.164 e. The van der Waals surface area contributed by atoms with Crippen LogP contribution in [0, 0.1) is 0 Å². The molecule has 5 aromatic carbocycles. The molecule has 8 aromatic rings. The lowest BCUT2D eigenvalue weighted by Gasteiger charge is -2.12. The lowest BCUT2D eigenvalue weighted by molar-refractivity contribution is 1.07. The number of aromatic nitrogens is 5. The van der Waals surface area contributed by atoms with Crippen LogP contribution in [0.4, 0.5) is 0 Å². The molecule has 0 saturated carbocycles. The normalized spacial score (nSPS) is 11.6. The maximum Gasteiger partial charge on any atom is 0.164 e. The summed E-state index contributed by atoms with van der Waals surface area (Å²) in [6.45, 7) is 0. The van der Waals surface area contributed by atoms with Crippen molar-refractivity contribution in [3.8, 4) is 34.2 Å². The fourth-order valence-electron chi connectivity index (χ4n) is 5.39. The van der Waals surface area contributed by atoms with Gasteiger partial charge in [-0.1, -0.05) is 97.1 Å². The zero-order valence-electron chi connectivity index (χ0n) is 20.9. The largest absolute Gasteiger partial charge is 0.292 e. The highest BCUT2D eigenvalue weighted by Gasteiger charge is 2.16. The first kappa shape index (κ1) is 21.6. The molecule has 5 heteroatoms. The number of pyridine rings is 1. The second-order valence-corrected chi connectivity index (χ2v) is 9.58. The lowest BCUT2D eigenvalue weighted by atomic mass is 10.0. The Morgan fingerprint density at radius 3 is 1.64 bits per heavy atom. The predicted molar refractivity (Wildman–Crippen MR) is 157 cm³/mol. The van der Waals surface area contributed by atoms with Crippen LogP contribution in [0.15, 0.2) is 127 Å². The first-order valence-corrected chi connectivity index (χ1v) is 12.9. The van der Waals surface area contributed by atoms with Crippen molar-refractivity contribution in [2.45, 2.75) is 0 Å². The Bertz CT molecular complexity index is 2110. The molecule has 0 radical (unpaired) electrons. The summed E-state index contributed by atoms with van der Waals surface area (Å²) < 4.78 is 2.26. The monoisotopic (exact) mass is 499 g/mol. The molecule has 8 rings (SSSR count). The number of imidazole rings is 1. The van der Waals surface area contributed by atoms with E-state index in [9.17, 15) is 0 Å². The molecule has 0 aliphatic rings. The summed E-state index contributed by atoms with van der Waals surface area (Å²) >= 11 is 0. The van der Waals surface area contributed by atoms with E-state index in [0.29, 0.717) is 17.5 Å². The standard InChI is InChI=1S/C34H21N5/c1-3-11-22(12-4-1)31-36-32(23-13-5-2-6-14-23)38-33(37-31)24-19-20-29-27(21-24)25-15-7-8-16-26(25)34-35-28-17-9-10-18-30(28)39(29)34/h1-21H. The summed E-state index contributed by atoms with van der Waals surface area (Å²) in [5, 5.41) is 3.39. The molecule has 0 saturated heterocycles. The fraction of sp³-hybridized carbons (Fsp3) is 0. The number of para-hydroxylation sites is 2. The third-order valence-corrected chi connectivity index (χ3v) is 7.21. The first-order chi connectivity index (χ1) is 19.3. The lowest BCUT2D eigenvalue weighted by Crippen LogP contribution is -2.00. The SMILES string of the molecule is c1ccc(-c2nc(-c3ccccc3)nc(-c3ccc4c(c3)c3ccccc3c3nc5ccccc5n43)n2)cc1. The maximum absolute atomic E-state index is 4.99. The van der Waals surface area contributed by atoms with Gasteiger partial charge in [0.05, 0.1) is 16.6 Å². The van der Waals surface area contributed by atoms with Crippen molar-refractivity contribution < 1.29 is 0 Å². The first-order valence-electron chi connectivity index (χ1n) is 12.9.